The molecule has 3 rings (SSSR count). The average molecular weight is 505 g/mol. The molecule has 8 nitrogen and oxygen atoms in total. The molecule has 182 valence electrons. The molecular formula is C24H29ClN4O4S. The van der Waals surface area contributed by atoms with Crippen LogP contribution in [0.3, 0.4) is 0 Å². The maximum Gasteiger partial charge on any atom is 0.326 e. The van der Waals surface area contributed by atoms with Crippen LogP contribution in [0.2, 0.25) is 5.02 Å². The fourth-order valence-electron chi connectivity index (χ4n) is 3.64. The summed E-state index contributed by atoms with van der Waals surface area (Å²) in [4.78, 5) is 40.7. The number of carboxylic acid groups (broad SMARTS) is 1. The van der Waals surface area contributed by atoms with Gasteiger partial charge in [0.2, 0.25) is 5.91 Å². The van der Waals surface area contributed by atoms with Crippen LogP contribution in [-0.4, -0.2) is 83.0 Å². The Balaban J connectivity index is 1.47. The maximum absolute atomic E-state index is 12.9. The van der Waals surface area contributed by atoms with Gasteiger partial charge in [0, 0.05) is 61.3 Å². The van der Waals surface area contributed by atoms with Gasteiger partial charge in [0.15, 0.2) is 5.25 Å². The number of nitrogens with zero attached hydrogens (tertiary/aromatic N) is 2. The number of aliphatic carboxylic acids is 1. The van der Waals surface area contributed by atoms with Crippen molar-refractivity contribution in [2.75, 3.05) is 50.3 Å². The van der Waals surface area contributed by atoms with Crippen molar-refractivity contribution in [1.29, 1.82) is 0 Å². The molecule has 4 N–H and O–H groups in total. The molecule has 0 radical (unpaired) electrons. The molecule has 2 aromatic carbocycles. The Morgan fingerprint density at radius 2 is 1.68 bits per heavy atom. The number of thioether (sulfide) groups is 1. The molecule has 0 aliphatic carbocycles. The predicted octanol–water partition coefficient (Wildman–Crippen LogP) is 2.42. The first kappa shape index (κ1) is 26.0. The first-order valence-corrected chi connectivity index (χ1v) is 12.5. The van der Waals surface area contributed by atoms with Crippen LogP contribution in [0.25, 0.3) is 0 Å². The summed E-state index contributed by atoms with van der Waals surface area (Å²) >= 11 is 6.92. The van der Waals surface area contributed by atoms with Gasteiger partial charge in [-0.1, -0.05) is 23.7 Å². The Morgan fingerprint density at radius 3 is 2.26 bits per heavy atom. The number of amides is 2. The topological polar surface area (TPSA) is 116 Å². The summed E-state index contributed by atoms with van der Waals surface area (Å²) in [6, 6.07) is 14.4. The van der Waals surface area contributed by atoms with Gasteiger partial charge in [-0.3, -0.25) is 19.3 Å². The number of piperazine rings is 1. The van der Waals surface area contributed by atoms with Crippen LogP contribution in [0.5, 0.6) is 0 Å². The van der Waals surface area contributed by atoms with Crippen LogP contribution in [0.15, 0.2) is 48.5 Å². The normalized spacial score (nSPS) is 15.1. The summed E-state index contributed by atoms with van der Waals surface area (Å²) in [5.41, 5.74) is 7.60. The lowest BCUT2D eigenvalue weighted by molar-refractivity contribution is -0.138. The second-order valence-corrected chi connectivity index (χ2v) is 9.60. The number of hydrogen-bond acceptors (Lipinski definition) is 6. The van der Waals surface area contributed by atoms with E-state index in [9.17, 15) is 19.5 Å². The van der Waals surface area contributed by atoms with Crippen molar-refractivity contribution in [1.82, 2.24) is 9.80 Å². The van der Waals surface area contributed by atoms with E-state index in [0.29, 0.717) is 30.1 Å². The summed E-state index contributed by atoms with van der Waals surface area (Å²) in [6.07, 6.45) is 0.936. The SMILES string of the molecule is NCCS[C@@H](C(=O)O)C(=O)Nc1ccc(C(=O)N2CCN(CCc3ccc(Cl)cc3)CC2)cc1. The minimum absolute atomic E-state index is 0.0582. The van der Waals surface area contributed by atoms with Crippen molar-refractivity contribution in [2.24, 2.45) is 5.73 Å². The van der Waals surface area contributed by atoms with Gasteiger partial charge in [0.25, 0.3) is 5.91 Å². The number of carbonyl (C=O) groups excluding carboxylic acids is 2. The van der Waals surface area contributed by atoms with Crippen LogP contribution in [0, 0.1) is 0 Å². The van der Waals surface area contributed by atoms with Gasteiger partial charge in [0.05, 0.1) is 0 Å². The number of halogens is 1. The van der Waals surface area contributed by atoms with Crippen molar-refractivity contribution in [3.05, 3.63) is 64.7 Å². The summed E-state index contributed by atoms with van der Waals surface area (Å²) < 4.78 is 0. The first-order chi connectivity index (χ1) is 16.4. The van der Waals surface area contributed by atoms with E-state index in [4.69, 9.17) is 17.3 Å². The lowest BCUT2D eigenvalue weighted by Gasteiger charge is -2.34. The highest BCUT2D eigenvalue weighted by molar-refractivity contribution is 8.01. The number of benzene rings is 2. The van der Waals surface area contributed by atoms with Crippen LogP contribution in [-0.2, 0) is 16.0 Å². The first-order valence-electron chi connectivity index (χ1n) is 11.1. The number of rotatable bonds is 10. The van der Waals surface area contributed by atoms with E-state index in [2.05, 4.69) is 10.2 Å². The Morgan fingerprint density at radius 1 is 1.03 bits per heavy atom. The predicted molar refractivity (Wildman–Crippen MR) is 136 cm³/mol. The van der Waals surface area contributed by atoms with Gasteiger partial charge >= 0.3 is 5.97 Å². The third-order valence-electron chi connectivity index (χ3n) is 5.55. The van der Waals surface area contributed by atoms with Gasteiger partial charge < -0.3 is 21.1 Å². The number of carboxylic acids is 1. The Labute approximate surface area is 208 Å². The lowest BCUT2D eigenvalue weighted by Crippen LogP contribution is -2.49. The molecule has 0 bridgehead atoms. The van der Waals surface area contributed by atoms with Gasteiger partial charge in [0.1, 0.15) is 0 Å². The number of nitrogens with two attached hydrogens (primary N) is 1. The van der Waals surface area contributed by atoms with Crippen LogP contribution in [0.1, 0.15) is 15.9 Å². The van der Waals surface area contributed by atoms with E-state index in [1.807, 2.05) is 29.2 Å². The number of anilines is 1. The second-order valence-electron chi connectivity index (χ2n) is 7.95. The highest BCUT2D eigenvalue weighted by Crippen LogP contribution is 2.17. The maximum atomic E-state index is 12.9. The molecule has 2 amide bonds. The minimum atomic E-state index is -1.24. The molecule has 0 aromatic heterocycles. The summed E-state index contributed by atoms with van der Waals surface area (Å²) in [6.45, 7) is 4.14. The molecule has 1 atom stereocenters. The zero-order chi connectivity index (χ0) is 24.5. The van der Waals surface area contributed by atoms with Gasteiger partial charge in [-0.15, -0.1) is 11.8 Å². The molecule has 1 fully saturated rings. The van der Waals surface area contributed by atoms with Crippen molar-refractivity contribution < 1.29 is 19.5 Å². The van der Waals surface area contributed by atoms with Crippen molar-refractivity contribution >= 4 is 46.8 Å². The van der Waals surface area contributed by atoms with Crippen molar-refractivity contribution in [3.63, 3.8) is 0 Å². The van der Waals surface area contributed by atoms with E-state index < -0.39 is 17.1 Å². The monoisotopic (exact) mass is 504 g/mol. The molecule has 1 heterocycles. The van der Waals surface area contributed by atoms with E-state index in [1.54, 1.807) is 24.3 Å². The van der Waals surface area contributed by atoms with Crippen LogP contribution >= 0.6 is 23.4 Å². The van der Waals surface area contributed by atoms with E-state index >= 15 is 0 Å². The minimum Gasteiger partial charge on any atom is -0.480 e. The fraction of sp³-hybridized carbons (Fsp3) is 0.375. The quantitative estimate of drug-likeness (QED) is 0.425. The molecule has 1 saturated heterocycles. The molecule has 10 heteroatoms. The standard InChI is InChI=1S/C24H29ClN4O4S/c25-19-5-1-17(2-6-19)9-11-28-12-14-29(15-13-28)23(31)18-3-7-20(8-4-18)27-22(30)21(24(32)33)34-16-10-26/h1-8,21H,9-16,26H2,(H,27,30)(H,32,33)/t21-/m1/s1. The van der Waals surface area contributed by atoms with Crippen LogP contribution in [0.4, 0.5) is 5.69 Å². The Bertz CT molecular complexity index is 979. The largest absolute Gasteiger partial charge is 0.480 e. The van der Waals surface area contributed by atoms with Gasteiger partial charge in [-0.25, -0.2) is 0 Å². The molecule has 0 unspecified atom stereocenters. The molecule has 2 aromatic rings. The fourth-order valence-corrected chi connectivity index (χ4v) is 4.50. The Kier molecular flexibility index (Phi) is 9.76. The molecular weight excluding hydrogens is 476 g/mol. The van der Waals surface area contributed by atoms with E-state index in [0.717, 1.165) is 42.8 Å². The molecule has 1 aliphatic heterocycles. The highest BCUT2D eigenvalue weighted by atomic mass is 35.5. The lowest BCUT2D eigenvalue weighted by atomic mass is 10.1. The Hall–Kier alpha value is -2.59. The van der Waals surface area contributed by atoms with Crippen molar-refractivity contribution in [2.45, 2.75) is 11.7 Å². The number of carbonyl (C=O) groups is 3. The van der Waals surface area contributed by atoms with Gasteiger partial charge in [-0.2, -0.15) is 0 Å². The number of hydrogen-bond donors (Lipinski definition) is 3. The zero-order valence-electron chi connectivity index (χ0n) is 18.8. The molecule has 34 heavy (non-hydrogen) atoms. The molecule has 0 saturated carbocycles. The zero-order valence-corrected chi connectivity index (χ0v) is 20.4. The summed E-state index contributed by atoms with van der Waals surface area (Å²) in [5.74, 6) is -1.53. The van der Waals surface area contributed by atoms with E-state index in [-0.39, 0.29) is 12.5 Å². The second kappa shape index (κ2) is 12.8. The number of nitrogens with one attached hydrogen (secondary N) is 1. The average Bonchev–Trinajstić information content (AvgIpc) is 2.84. The third kappa shape index (κ3) is 7.46. The molecule has 0 spiro atoms. The summed E-state index contributed by atoms with van der Waals surface area (Å²) in [5, 5.41) is 11.3. The molecule has 1 aliphatic rings. The summed E-state index contributed by atoms with van der Waals surface area (Å²) in [7, 11) is 0. The highest BCUT2D eigenvalue weighted by Gasteiger charge is 2.27. The third-order valence-corrected chi connectivity index (χ3v) is 7.03. The van der Waals surface area contributed by atoms with Crippen molar-refractivity contribution in [3.8, 4) is 0 Å². The van der Waals surface area contributed by atoms with Crippen LogP contribution < -0.4 is 11.1 Å². The van der Waals surface area contributed by atoms with E-state index in [1.165, 1.54) is 5.56 Å². The smallest absolute Gasteiger partial charge is 0.326 e. The van der Waals surface area contributed by atoms with Gasteiger partial charge in [-0.05, 0) is 48.4 Å².